The number of amides is 1. The lowest BCUT2D eigenvalue weighted by Crippen LogP contribution is -2.43. The third-order valence-corrected chi connectivity index (χ3v) is 6.68. The number of ether oxygens (including phenoxy) is 1. The smallest absolute Gasteiger partial charge is 0.278 e. The molecule has 1 aliphatic heterocycles. The van der Waals surface area contributed by atoms with E-state index in [2.05, 4.69) is 35.1 Å². The number of carbonyl (C=O) groups excluding carboxylic acids is 1. The predicted molar refractivity (Wildman–Crippen MR) is 133 cm³/mol. The van der Waals surface area contributed by atoms with E-state index >= 15 is 0 Å². The summed E-state index contributed by atoms with van der Waals surface area (Å²) in [7, 11) is 0. The third-order valence-electron chi connectivity index (χ3n) is 5.64. The van der Waals surface area contributed by atoms with Gasteiger partial charge in [0.05, 0.1) is 29.1 Å². The minimum Gasteiger partial charge on any atom is -0.379 e. The quantitative estimate of drug-likeness (QED) is 0.506. The summed E-state index contributed by atoms with van der Waals surface area (Å²) in [5, 5.41) is 5.29. The number of halogens is 1. The fraction of sp³-hybridized carbons (Fsp3) is 0.522. The van der Waals surface area contributed by atoms with Gasteiger partial charge >= 0.3 is 0 Å². The maximum Gasteiger partial charge on any atom is 0.278 e. The number of aromatic nitrogens is 3. The lowest BCUT2D eigenvalue weighted by molar-refractivity contribution is 0.0391. The highest BCUT2D eigenvalue weighted by Gasteiger charge is 2.26. The highest BCUT2D eigenvalue weighted by molar-refractivity contribution is 7.22. The Balaban J connectivity index is 0.00000289. The van der Waals surface area contributed by atoms with Gasteiger partial charge in [-0.05, 0) is 51.0 Å². The number of nitrogens with zero attached hydrogens (tertiary/aromatic N) is 5. The summed E-state index contributed by atoms with van der Waals surface area (Å²) in [4.78, 5) is 22.8. The Bertz CT molecular complexity index is 1060. The van der Waals surface area contributed by atoms with Gasteiger partial charge in [0.1, 0.15) is 5.69 Å². The van der Waals surface area contributed by atoms with E-state index in [0.717, 1.165) is 60.3 Å². The summed E-state index contributed by atoms with van der Waals surface area (Å²) < 4.78 is 8.41. The van der Waals surface area contributed by atoms with Gasteiger partial charge in [-0.15, -0.1) is 12.4 Å². The average Bonchev–Trinajstić information content (AvgIpc) is 3.37. The Hall–Kier alpha value is -2.00. The maximum atomic E-state index is 13.7. The topological polar surface area (TPSA) is 63.5 Å². The Kier molecular flexibility index (Phi) is 8.27. The summed E-state index contributed by atoms with van der Waals surface area (Å²) in [5.41, 5.74) is 3.68. The van der Waals surface area contributed by atoms with Crippen molar-refractivity contribution in [2.75, 3.05) is 44.3 Å². The summed E-state index contributed by atoms with van der Waals surface area (Å²) in [5.74, 6) is -0.0441. The molecule has 1 aromatic carbocycles. The van der Waals surface area contributed by atoms with Gasteiger partial charge in [0.15, 0.2) is 5.13 Å². The highest BCUT2D eigenvalue weighted by Crippen LogP contribution is 2.31. The van der Waals surface area contributed by atoms with Gasteiger partial charge in [-0.2, -0.15) is 5.10 Å². The second-order valence-electron chi connectivity index (χ2n) is 8.27. The number of morpholine rings is 1. The van der Waals surface area contributed by atoms with Gasteiger partial charge in [0.2, 0.25) is 0 Å². The third kappa shape index (κ3) is 5.31. The Morgan fingerprint density at radius 2 is 2.00 bits per heavy atom. The van der Waals surface area contributed by atoms with Gasteiger partial charge in [0.25, 0.3) is 5.91 Å². The molecule has 0 unspecified atom stereocenters. The maximum absolute atomic E-state index is 13.7. The summed E-state index contributed by atoms with van der Waals surface area (Å²) in [6.45, 7) is 12.8. The van der Waals surface area contributed by atoms with Crippen LogP contribution in [0.5, 0.6) is 0 Å². The van der Waals surface area contributed by atoms with Crippen LogP contribution in [0, 0.1) is 6.92 Å². The van der Waals surface area contributed by atoms with Crippen molar-refractivity contribution in [3.05, 3.63) is 41.2 Å². The van der Waals surface area contributed by atoms with Crippen LogP contribution in [0.3, 0.4) is 0 Å². The van der Waals surface area contributed by atoms with Gasteiger partial charge in [-0.25, -0.2) is 4.98 Å². The van der Waals surface area contributed by atoms with Crippen LogP contribution in [0.4, 0.5) is 5.13 Å². The van der Waals surface area contributed by atoms with Crippen molar-refractivity contribution in [1.82, 2.24) is 19.7 Å². The molecular weight excluding hydrogens is 446 g/mol. The first kappa shape index (κ1) is 24.6. The number of benzene rings is 1. The molecule has 7 nitrogen and oxygen atoms in total. The Morgan fingerprint density at radius 3 is 2.69 bits per heavy atom. The standard InChI is InChI=1S/C23H31N5O2S.ClH/c1-5-18-6-7-19-21(15-18)31-23(24-19)27(9-8-26-10-12-30-13-11-26)22(29)20-14-17(4)25-28(20)16(2)3;/h6-7,14-16H,5,8-13H2,1-4H3;1H. The number of fused-ring (bicyclic) bond motifs is 1. The Morgan fingerprint density at radius 1 is 1.25 bits per heavy atom. The van der Waals surface area contributed by atoms with Crippen LogP contribution in [0.25, 0.3) is 10.2 Å². The molecule has 1 saturated heterocycles. The minimum absolute atomic E-state index is 0. The van der Waals surface area contributed by atoms with Crippen LogP contribution in [-0.4, -0.2) is 65.0 Å². The summed E-state index contributed by atoms with van der Waals surface area (Å²) >= 11 is 1.59. The molecular formula is C23H32ClN5O2S. The molecule has 174 valence electrons. The van der Waals surface area contributed by atoms with E-state index in [1.807, 2.05) is 36.4 Å². The second-order valence-corrected chi connectivity index (χ2v) is 9.28. The van der Waals surface area contributed by atoms with Crippen LogP contribution in [-0.2, 0) is 11.2 Å². The molecule has 3 aromatic rings. The first-order valence-corrected chi connectivity index (χ1v) is 11.9. The summed E-state index contributed by atoms with van der Waals surface area (Å²) in [6.07, 6.45) is 0.982. The van der Waals surface area contributed by atoms with Crippen LogP contribution in [0.1, 0.15) is 48.6 Å². The van der Waals surface area contributed by atoms with Crippen molar-refractivity contribution < 1.29 is 9.53 Å². The fourth-order valence-corrected chi connectivity index (χ4v) is 4.90. The van der Waals surface area contributed by atoms with E-state index in [9.17, 15) is 4.79 Å². The van der Waals surface area contributed by atoms with Crippen molar-refractivity contribution in [1.29, 1.82) is 0 Å². The first-order chi connectivity index (χ1) is 15.0. The van der Waals surface area contributed by atoms with Gasteiger partial charge in [-0.1, -0.05) is 24.3 Å². The zero-order valence-corrected chi connectivity index (χ0v) is 20.8. The first-order valence-electron chi connectivity index (χ1n) is 11.0. The molecule has 1 amide bonds. The number of anilines is 1. The number of aryl methyl sites for hydroxylation is 2. The molecule has 0 atom stereocenters. The molecule has 0 radical (unpaired) electrons. The molecule has 0 bridgehead atoms. The molecule has 0 N–H and O–H groups in total. The molecule has 1 fully saturated rings. The van der Waals surface area contributed by atoms with Crippen molar-refractivity contribution >= 4 is 45.0 Å². The predicted octanol–water partition coefficient (Wildman–Crippen LogP) is 4.35. The van der Waals surface area contributed by atoms with Gasteiger partial charge < -0.3 is 4.74 Å². The van der Waals surface area contributed by atoms with Crippen molar-refractivity contribution in [3.63, 3.8) is 0 Å². The lowest BCUT2D eigenvalue weighted by atomic mass is 10.2. The van der Waals surface area contributed by atoms with Gasteiger partial charge in [-0.3, -0.25) is 19.3 Å². The Labute approximate surface area is 199 Å². The lowest BCUT2D eigenvalue weighted by Gasteiger charge is -2.29. The largest absolute Gasteiger partial charge is 0.379 e. The number of carbonyl (C=O) groups is 1. The number of hydrogen-bond acceptors (Lipinski definition) is 6. The molecule has 2 aromatic heterocycles. The van der Waals surface area contributed by atoms with Crippen molar-refractivity contribution in [3.8, 4) is 0 Å². The van der Waals surface area contributed by atoms with Crippen LogP contribution < -0.4 is 4.90 Å². The SMILES string of the molecule is CCc1ccc2nc(N(CCN3CCOCC3)C(=O)c3cc(C)nn3C(C)C)sc2c1.Cl. The molecule has 0 aliphatic carbocycles. The minimum atomic E-state index is -0.0441. The number of rotatable bonds is 7. The van der Waals surface area contributed by atoms with E-state index in [0.29, 0.717) is 12.2 Å². The zero-order valence-electron chi connectivity index (χ0n) is 19.2. The zero-order chi connectivity index (χ0) is 22.0. The summed E-state index contributed by atoms with van der Waals surface area (Å²) in [6, 6.07) is 8.34. The van der Waals surface area contributed by atoms with Crippen molar-refractivity contribution in [2.24, 2.45) is 0 Å². The molecule has 4 rings (SSSR count). The second kappa shape index (κ2) is 10.7. The van der Waals surface area contributed by atoms with Crippen LogP contribution in [0.15, 0.2) is 24.3 Å². The van der Waals surface area contributed by atoms with E-state index in [4.69, 9.17) is 9.72 Å². The molecule has 3 heterocycles. The van der Waals surface area contributed by atoms with Crippen LogP contribution >= 0.6 is 23.7 Å². The molecule has 32 heavy (non-hydrogen) atoms. The van der Waals surface area contributed by atoms with E-state index in [1.54, 1.807) is 11.3 Å². The van der Waals surface area contributed by atoms with E-state index < -0.39 is 0 Å². The highest BCUT2D eigenvalue weighted by atomic mass is 35.5. The van der Waals surface area contributed by atoms with Crippen molar-refractivity contribution in [2.45, 2.75) is 40.2 Å². The molecule has 1 aliphatic rings. The molecule has 9 heteroatoms. The van der Waals surface area contributed by atoms with E-state index in [-0.39, 0.29) is 24.4 Å². The average molecular weight is 478 g/mol. The monoisotopic (exact) mass is 477 g/mol. The molecule has 0 saturated carbocycles. The van der Waals surface area contributed by atoms with E-state index in [1.165, 1.54) is 5.56 Å². The molecule has 0 spiro atoms. The van der Waals surface area contributed by atoms with Crippen LogP contribution in [0.2, 0.25) is 0 Å². The fourth-order valence-electron chi connectivity index (χ4n) is 3.85. The normalized spacial score (nSPS) is 14.7. The number of hydrogen-bond donors (Lipinski definition) is 0. The number of thiazole rings is 1. The van der Waals surface area contributed by atoms with Gasteiger partial charge in [0, 0.05) is 32.2 Å².